The molecule has 0 spiro atoms. The summed E-state index contributed by atoms with van der Waals surface area (Å²) >= 11 is 3.60. The number of hydrogen-bond donors (Lipinski definition) is 0. The molecule has 0 fully saturated rings. The largest absolute Gasteiger partial charge is 0.308 e. The molecule has 4 aromatic heterocycles. The second kappa shape index (κ2) is 10.0. The Labute approximate surface area is 293 Å². The maximum absolute atomic E-state index is 11.2. The van der Waals surface area contributed by atoms with E-state index in [4.69, 9.17) is 0 Å². The van der Waals surface area contributed by atoms with Crippen LogP contribution in [-0.4, -0.2) is 9.13 Å². The molecule has 0 amide bonds. The Balaban J connectivity index is 1.30. The molecule has 11 aromatic rings. The van der Waals surface area contributed by atoms with Crippen molar-refractivity contribution in [3.05, 3.63) is 145 Å². The zero-order valence-corrected chi connectivity index (χ0v) is 27.9. The van der Waals surface area contributed by atoms with Crippen LogP contribution >= 0.6 is 22.7 Å². The topological polar surface area (TPSA) is 57.4 Å². The highest BCUT2D eigenvalue weighted by atomic mass is 32.1. The molecule has 0 aliphatic carbocycles. The highest BCUT2D eigenvalue weighted by molar-refractivity contribution is 7.26. The lowest BCUT2D eigenvalue weighted by atomic mass is 10.0. The van der Waals surface area contributed by atoms with E-state index >= 15 is 0 Å². The molecule has 0 atom stereocenters. The second-order valence-corrected chi connectivity index (χ2v) is 14.8. The van der Waals surface area contributed by atoms with Gasteiger partial charge in [0.05, 0.1) is 45.1 Å². The first-order valence-electron chi connectivity index (χ1n) is 16.4. The molecule has 0 saturated heterocycles. The number of benzene rings is 7. The second-order valence-electron chi connectivity index (χ2n) is 12.7. The Morgan fingerprint density at radius 2 is 0.840 bits per heavy atom. The maximum atomic E-state index is 11.2. The Morgan fingerprint density at radius 1 is 0.400 bits per heavy atom. The molecule has 0 N–H and O–H groups in total. The van der Waals surface area contributed by atoms with Crippen LogP contribution in [-0.2, 0) is 0 Å². The smallest absolute Gasteiger partial charge is 0.104 e. The first-order chi connectivity index (χ1) is 24.7. The number of rotatable bonds is 2. The summed E-state index contributed by atoms with van der Waals surface area (Å²) in [5, 5.41) is 31.1. The summed E-state index contributed by atoms with van der Waals surface area (Å²) in [7, 11) is 0. The van der Waals surface area contributed by atoms with Crippen molar-refractivity contribution >= 4 is 107 Å². The fourth-order valence-corrected chi connectivity index (χ4v) is 10.4. The van der Waals surface area contributed by atoms with Gasteiger partial charge in [0.2, 0.25) is 0 Å². The van der Waals surface area contributed by atoms with Gasteiger partial charge in [-0.25, -0.2) is 0 Å². The van der Waals surface area contributed by atoms with Crippen molar-refractivity contribution in [1.29, 1.82) is 10.5 Å². The van der Waals surface area contributed by atoms with Gasteiger partial charge < -0.3 is 9.13 Å². The number of aromatic nitrogens is 2. The van der Waals surface area contributed by atoms with Gasteiger partial charge >= 0.3 is 0 Å². The molecule has 7 aromatic carbocycles. The average Bonchev–Trinajstić information content (AvgIpc) is 3.91. The molecule has 0 radical (unpaired) electrons. The van der Waals surface area contributed by atoms with E-state index in [2.05, 4.69) is 130 Å². The van der Waals surface area contributed by atoms with E-state index in [1.807, 2.05) is 24.3 Å². The Hall–Kier alpha value is -6.44. The van der Waals surface area contributed by atoms with E-state index in [0.717, 1.165) is 43.6 Å². The molecule has 230 valence electrons. The van der Waals surface area contributed by atoms with Crippen LogP contribution in [0.15, 0.2) is 133 Å². The lowest BCUT2D eigenvalue weighted by molar-refractivity contribution is 1.11. The fraction of sp³-hybridized carbons (Fsp3) is 0. The zero-order valence-electron chi connectivity index (χ0n) is 26.3. The Morgan fingerprint density at radius 3 is 1.30 bits per heavy atom. The third kappa shape index (κ3) is 3.51. The zero-order chi connectivity index (χ0) is 33.1. The third-order valence-electron chi connectivity index (χ3n) is 10.2. The summed E-state index contributed by atoms with van der Waals surface area (Å²) in [5.74, 6) is 0. The lowest BCUT2D eigenvalue weighted by Crippen LogP contribution is -2.05. The number of fused-ring (bicyclic) bond motifs is 14. The van der Waals surface area contributed by atoms with Crippen molar-refractivity contribution in [2.75, 3.05) is 0 Å². The van der Waals surface area contributed by atoms with E-state index in [0.29, 0.717) is 22.5 Å². The Bertz CT molecular complexity index is 3150. The van der Waals surface area contributed by atoms with Crippen LogP contribution in [0.5, 0.6) is 0 Å². The third-order valence-corrected chi connectivity index (χ3v) is 12.4. The summed E-state index contributed by atoms with van der Waals surface area (Å²) in [6, 6.07) is 51.5. The van der Waals surface area contributed by atoms with Crippen LogP contribution in [0.2, 0.25) is 0 Å². The summed E-state index contributed by atoms with van der Waals surface area (Å²) < 4.78 is 9.34. The average molecular weight is 671 g/mol. The first-order valence-corrected chi connectivity index (χ1v) is 18.0. The van der Waals surface area contributed by atoms with Crippen LogP contribution in [0.25, 0.3) is 95.3 Å². The minimum atomic E-state index is 0.495. The molecule has 0 aliphatic heterocycles. The van der Waals surface area contributed by atoms with Crippen molar-refractivity contribution in [2.24, 2.45) is 0 Å². The first kappa shape index (κ1) is 27.5. The molecule has 0 unspecified atom stereocenters. The number of para-hydroxylation sites is 2. The molecule has 4 nitrogen and oxygen atoms in total. The molecule has 6 heteroatoms. The summed E-state index contributed by atoms with van der Waals surface area (Å²) in [6.07, 6.45) is 0. The number of hydrogen-bond acceptors (Lipinski definition) is 4. The van der Waals surface area contributed by atoms with Crippen LogP contribution < -0.4 is 0 Å². The molecule has 0 saturated carbocycles. The van der Waals surface area contributed by atoms with Gasteiger partial charge in [-0.3, -0.25) is 0 Å². The minimum absolute atomic E-state index is 0.495. The van der Waals surface area contributed by atoms with Gasteiger partial charge in [0, 0.05) is 61.9 Å². The van der Waals surface area contributed by atoms with Crippen LogP contribution in [0.4, 0.5) is 0 Å². The van der Waals surface area contributed by atoms with Crippen molar-refractivity contribution in [3.8, 4) is 23.5 Å². The van der Waals surface area contributed by atoms with Crippen LogP contribution in [0, 0.1) is 22.7 Å². The van der Waals surface area contributed by atoms with Crippen molar-refractivity contribution in [1.82, 2.24) is 9.13 Å². The van der Waals surface area contributed by atoms with Crippen LogP contribution in [0.3, 0.4) is 0 Å². The highest BCUT2D eigenvalue weighted by Crippen LogP contribution is 2.46. The van der Waals surface area contributed by atoms with E-state index in [-0.39, 0.29) is 0 Å². The van der Waals surface area contributed by atoms with Gasteiger partial charge in [0.15, 0.2) is 0 Å². The van der Waals surface area contributed by atoms with Gasteiger partial charge in [-0.1, -0.05) is 72.8 Å². The van der Waals surface area contributed by atoms with Crippen LogP contribution in [0.1, 0.15) is 11.1 Å². The van der Waals surface area contributed by atoms with Crippen molar-refractivity contribution in [2.45, 2.75) is 0 Å². The quantitative estimate of drug-likeness (QED) is 0.184. The SMILES string of the molecule is N#Cc1cc(-n2c3ccccc3c3c4c(ccc32)sc2ccccc24)c(C#N)c(-n2c3ccccc3c3c4c(ccc32)sc2ccccc24)c1. The summed E-state index contributed by atoms with van der Waals surface area (Å²) in [5.41, 5.74) is 6.41. The van der Waals surface area contributed by atoms with E-state index < -0.39 is 0 Å². The molecule has 0 aliphatic rings. The fourth-order valence-electron chi connectivity index (χ4n) is 8.21. The van der Waals surface area contributed by atoms with Crippen molar-refractivity contribution in [3.63, 3.8) is 0 Å². The van der Waals surface area contributed by atoms with Crippen molar-refractivity contribution < 1.29 is 0 Å². The summed E-state index contributed by atoms with van der Waals surface area (Å²) in [6.45, 7) is 0. The lowest BCUT2D eigenvalue weighted by Gasteiger charge is -2.16. The molecule has 4 heterocycles. The molecule has 0 bridgehead atoms. The Kier molecular flexibility index (Phi) is 5.52. The monoisotopic (exact) mass is 670 g/mol. The normalized spacial score (nSPS) is 12.0. The number of thiophene rings is 2. The number of nitrogens with zero attached hydrogens (tertiary/aromatic N) is 4. The summed E-state index contributed by atoms with van der Waals surface area (Å²) in [4.78, 5) is 0. The molecular formula is C44H22N4S2. The predicted molar refractivity (Wildman–Crippen MR) is 210 cm³/mol. The maximum Gasteiger partial charge on any atom is 0.104 e. The van der Waals surface area contributed by atoms with Gasteiger partial charge in [-0.15, -0.1) is 22.7 Å². The van der Waals surface area contributed by atoms with Gasteiger partial charge in [0.1, 0.15) is 11.6 Å². The number of nitriles is 2. The molecule has 50 heavy (non-hydrogen) atoms. The molecule has 11 rings (SSSR count). The minimum Gasteiger partial charge on any atom is -0.308 e. The van der Waals surface area contributed by atoms with E-state index in [1.165, 1.54) is 40.3 Å². The standard InChI is InChI=1S/C44H22N4S2/c45-23-25-21-35(47-31-13-5-1-9-26(31)41-33(47)17-19-39-43(41)28-11-3-7-15-37(28)49-39)30(24-46)36(22-25)48-32-14-6-2-10-27(32)42-34(48)18-20-40-44(42)29-12-4-8-16-38(29)50-40/h1-22H. The van der Waals surface area contributed by atoms with Gasteiger partial charge in [-0.05, 0) is 60.7 Å². The highest BCUT2D eigenvalue weighted by Gasteiger charge is 2.24. The molecular weight excluding hydrogens is 649 g/mol. The van der Waals surface area contributed by atoms with Gasteiger partial charge in [-0.2, -0.15) is 10.5 Å². The van der Waals surface area contributed by atoms with E-state index in [9.17, 15) is 10.5 Å². The van der Waals surface area contributed by atoms with E-state index in [1.54, 1.807) is 22.7 Å². The van der Waals surface area contributed by atoms with Gasteiger partial charge in [0.25, 0.3) is 0 Å². The predicted octanol–water partition coefficient (Wildman–Crippen LogP) is 12.4.